The Labute approximate surface area is 170 Å². The highest BCUT2D eigenvalue weighted by molar-refractivity contribution is 5.81. The summed E-state index contributed by atoms with van der Waals surface area (Å²) in [5.74, 6) is -2.38. The van der Waals surface area contributed by atoms with Crippen molar-refractivity contribution in [3.05, 3.63) is 86.5 Å². The summed E-state index contributed by atoms with van der Waals surface area (Å²) in [7, 11) is 2.86. The molecule has 0 aliphatic rings. The zero-order chi connectivity index (χ0) is 21.4. The monoisotopic (exact) mass is 405 g/mol. The maximum atomic E-state index is 13.1. The first-order valence-electron chi connectivity index (χ1n) is 9.32. The van der Waals surface area contributed by atoms with Gasteiger partial charge in [-0.25, -0.2) is 0 Å². The molecule has 2 aromatic carbocycles. The number of fused-ring (bicyclic) bond motifs is 2. The third-order valence-corrected chi connectivity index (χ3v) is 5.25. The van der Waals surface area contributed by atoms with Crippen LogP contribution in [0.2, 0.25) is 0 Å². The molecule has 0 radical (unpaired) electrons. The van der Waals surface area contributed by atoms with Crippen LogP contribution in [0.3, 0.4) is 0 Å². The molecule has 0 spiro atoms. The molecule has 4 rings (SSSR count). The molecule has 0 aliphatic carbocycles. The Kier molecular flexibility index (Phi) is 4.87. The van der Waals surface area contributed by atoms with Crippen LogP contribution in [0.15, 0.2) is 68.6 Å². The Morgan fingerprint density at radius 1 is 1.13 bits per heavy atom. The third kappa shape index (κ3) is 3.14. The van der Waals surface area contributed by atoms with Gasteiger partial charge in [-0.1, -0.05) is 30.3 Å². The molecule has 7 nitrogen and oxygen atoms in total. The summed E-state index contributed by atoms with van der Waals surface area (Å²) in [4.78, 5) is 38.0. The highest BCUT2D eigenvalue weighted by Crippen LogP contribution is 2.34. The summed E-state index contributed by atoms with van der Waals surface area (Å²) in [6.45, 7) is 0. The molecule has 7 heteroatoms. The number of ether oxygens (including phenoxy) is 1. The number of pyridine rings is 1. The van der Waals surface area contributed by atoms with E-state index < -0.39 is 23.1 Å². The van der Waals surface area contributed by atoms with Gasteiger partial charge >= 0.3 is 5.97 Å². The van der Waals surface area contributed by atoms with E-state index >= 15 is 0 Å². The van der Waals surface area contributed by atoms with Crippen molar-refractivity contribution in [1.82, 2.24) is 4.57 Å². The summed E-state index contributed by atoms with van der Waals surface area (Å²) < 4.78 is 12.1. The smallest absolute Gasteiger partial charge is 0.306 e. The predicted molar refractivity (Wildman–Crippen MR) is 112 cm³/mol. The summed E-state index contributed by atoms with van der Waals surface area (Å²) in [5, 5.41) is 11.6. The van der Waals surface area contributed by atoms with Crippen LogP contribution in [0, 0.1) is 0 Å². The van der Waals surface area contributed by atoms with E-state index in [0.29, 0.717) is 5.52 Å². The molecule has 0 bridgehead atoms. The molecule has 0 saturated carbocycles. The van der Waals surface area contributed by atoms with E-state index in [2.05, 4.69) is 0 Å². The van der Waals surface area contributed by atoms with Crippen molar-refractivity contribution in [2.45, 2.75) is 12.3 Å². The number of nitrogens with zero attached hydrogens (tertiary/aromatic N) is 1. The predicted octanol–water partition coefficient (Wildman–Crippen LogP) is 3.05. The van der Waals surface area contributed by atoms with Crippen molar-refractivity contribution < 1.29 is 19.1 Å². The normalized spacial score (nSPS) is 12.2. The van der Waals surface area contributed by atoms with E-state index in [-0.39, 0.29) is 34.3 Å². The summed E-state index contributed by atoms with van der Waals surface area (Å²) in [6, 6.07) is 15.4. The van der Waals surface area contributed by atoms with Gasteiger partial charge in [0.05, 0.1) is 30.4 Å². The number of hydrogen-bond donors (Lipinski definition) is 1. The zero-order valence-corrected chi connectivity index (χ0v) is 16.4. The molecule has 0 amide bonds. The van der Waals surface area contributed by atoms with Crippen LogP contribution in [-0.4, -0.2) is 22.8 Å². The van der Waals surface area contributed by atoms with Crippen molar-refractivity contribution in [3.8, 4) is 5.75 Å². The van der Waals surface area contributed by atoms with Crippen molar-refractivity contribution in [2.75, 3.05) is 7.11 Å². The lowest BCUT2D eigenvalue weighted by Crippen LogP contribution is -2.26. The maximum Gasteiger partial charge on any atom is 0.306 e. The number of aryl methyl sites for hydroxylation is 1. The van der Waals surface area contributed by atoms with Gasteiger partial charge < -0.3 is 18.8 Å². The number of para-hydroxylation sites is 2. The van der Waals surface area contributed by atoms with E-state index in [1.54, 1.807) is 31.3 Å². The Morgan fingerprint density at radius 3 is 2.60 bits per heavy atom. The van der Waals surface area contributed by atoms with Gasteiger partial charge in [-0.3, -0.25) is 14.4 Å². The lowest BCUT2D eigenvalue weighted by molar-refractivity contribution is -0.140. The number of aromatic hydroxyl groups is 1. The molecule has 0 fully saturated rings. The fraction of sp³-hybridized carbons (Fsp3) is 0.174. The van der Waals surface area contributed by atoms with Gasteiger partial charge in [0.1, 0.15) is 5.58 Å². The van der Waals surface area contributed by atoms with Gasteiger partial charge in [-0.15, -0.1) is 0 Å². The number of hydrogen-bond acceptors (Lipinski definition) is 6. The van der Waals surface area contributed by atoms with Gasteiger partial charge in [0.2, 0.25) is 11.2 Å². The second kappa shape index (κ2) is 7.51. The number of esters is 1. The summed E-state index contributed by atoms with van der Waals surface area (Å²) in [5.41, 5.74) is 0.197. The summed E-state index contributed by atoms with van der Waals surface area (Å²) in [6.07, 6.45) is -0.279. The van der Waals surface area contributed by atoms with Crippen LogP contribution >= 0.6 is 0 Å². The van der Waals surface area contributed by atoms with E-state index in [1.165, 1.54) is 17.7 Å². The van der Waals surface area contributed by atoms with Gasteiger partial charge in [-0.05, 0) is 29.7 Å². The number of rotatable bonds is 4. The van der Waals surface area contributed by atoms with Crippen molar-refractivity contribution in [2.24, 2.45) is 7.05 Å². The number of carbonyl (C=O) groups is 1. The average molecular weight is 405 g/mol. The van der Waals surface area contributed by atoms with E-state index in [0.717, 1.165) is 5.39 Å². The molecule has 0 saturated heterocycles. The minimum Gasteiger partial charge on any atom is -0.502 e. The lowest BCUT2D eigenvalue weighted by Gasteiger charge is -2.18. The SMILES string of the molecule is COC(=O)CC(c1oc2ccccc2c(=O)c1O)c1cc2ccccc2n(C)c1=O. The topological polar surface area (TPSA) is 98.7 Å². The molecule has 1 unspecified atom stereocenters. The van der Waals surface area contributed by atoms with E-state index in [4.69, 9.17) is 9.15 Å². The molecule has 30 heavy (non-hydrogen) atoms. The van der Waals surface area contributed by atoms with Crippen LogP contribution in [0.5, 0.6) is 5.75 Å². The highest BCUT2D eigenvalue weighted by atomic mass is 16.5. The first-order valence-corrected chi connectivity index (χ1v) is 9.32. The molecule has 2 aromatic heterocycles. The Bertz CT molecular complexity index is 1400. The number of carbonyl (C=O) groups excluding carboxylic acids is 1. The molecule has 2 heterocycles. The van der Waals surface area contributed by atoms with Crippen LogP contribution in [0.25, 0.3) is 21.9 Å². The molecular formula is C23H19NO6. The first-order chi connectivity index (χ1) is 14.4. The highest BCUT2D eigenvalue weighted by Gasteiger charge is 2.29. The number of aromatic nitrogens is 1. The zero-order valence-electron chi connectivity index (χ0n) is 16.4. The van der Waals surface area contributed by atoms with Gasteiger partial charge in [0.15, 0.2) is 5.76 Å². The molecule has 1 N–H and O–H groups in total. The van der Waals surface area contributed by atoms with E-state index in [1.807, 2.05) is 24.3 Å². The quantitative estimate of drug-likeness (QED) is 0.524. The fourth-order valence-corrected chi connectivity index (χ4v) is 3.68. The largest absolute Gasteiger partial charge is 0.502 e. The third-order valence-electron chi connectivity index (χ3n) is 5.25. The number of benzene rings is 2. The fourth-order valence-electron chi connectivity index (χ4n) is 3.68. The molecule has 1 atom stereocenters. The molecule has 0 aliphatic heterocycles. The molecule has 152 valence electrons. The van der Waals surface area contributed by atoms with Crippen molar-refractivity contribution >= 4 is 27.8 Å². The molecule has 4 aromatic rings. The number of methoxy groups -OCH3 is 1. The Balaban J connectivity index is 2.03. The Morgan fingerprint density at radius 2 is 1.83 bits per heavy atom. The molecular weight excluding hydrogens is 386 g/mol. The average Bonchev–Trinajstić information content (AvgIpc) is 2.77. The second-order valence-corrected chi connectivity index (χ2v) is 7.00. The van der Waals surface area contributed by atoms with Crippen LogP contribution in [-0.2, 0) is 16.6 Å². The van der Waals surface area contributed by atoms with E-state index in [9.17, 15) is 19.5 Å². The summed E-state index contributed by atoms with van der Waals surface area (Å²) >= 11 is 0. The minimum atomic E-state index is -1.00. The van der Waals surface area contributed by atoms with Gasteiger partial charge in [0, 0.05) is 12.6 Å². The van der Waals surface area contributed by atoms with Crippen LogP contribution in [0.1, 0.15) is 23.7 Å². The first kappa shape index (κ1) is 19.4. The maximum absolute atomic E-state index is 13.1. The Hall–Kier alpha value is -3.87. The van der Waals surface area contributed by atoms with Crippen LogP contribution < -0.4 is 11.0 Å². The minimum absolute atomic E-state index is 0.142. The second-order valence-electron chi connectivity index (χ2n) is 7.00. The van der Waals surface area contributed by atoms with Crippen molar-refractivity contribution in [3.63, 3.8) is 0 Å². The van der Waals surface area contributed by atoms with Gasteiger partial charge in [-0.2, -0.15) is 0 Å². The van der Waals surface area contributed by atoms with Crippen molar-refractivity contribution in [1.29, 1.82) is 0 Å². The standard InChI is InChI=1S/C23H19NO6/c1-24-17-9-5-3-7-13(17)11-16(23(24)28)15(12-19(25)29-2)22-21(27)20(26)14-8-4-6-10-18(14)30-22/h3-11,15,27H,12H2,1-2H3. The van der Waals surface area contributed by atoms with Crippen LogP contribution in [0.4, 0.5) is 0 Å². The van der Waals surface area contributed by atoms with Gasteiger partial charge in [0.25, 0.3) is 5.56 Å². The lowest BCUT2D eigenvalue weighted by atomic mass is 9.91.